The number of hydrogen-bond donors (Lipinski definition) is 1. The number of benzene rings is 2. The maximum Gasteiger partial charge on any atom is 0.330 e. The van der Waals surface area contributed by atoms with Crippen molar-refractivity contribution in [3.8, 4) is 11.8 Å². The maximum atomic E-state index is 14.4. The molecule has 4 rings (SSSR count). The van der Waals surface area contributed by atoms with E-state index in [0.29, 0.717) is 39.5 Å². The molecule has 0 saturated carbocycles. The van der Waals surface area contributed by atoms with Gasteiger partial charge in [-0.05, 0) is 62.2 Å². The summed E-state index contributed by atoms with van der Waals surface area (Å²) in [7, 11) is 2.87. The number of ketones is 1. The zero-order valence-corrected chi connectivity index (χ0v) is 22.4. The number of carbonyl (C=O) groups is 3. The number of hydrogen-bond acceptors (Lipinski definition) is 7. The topological polar surface area (TPSA) is 130 Å². The summed E-state index contributed by atoms with van der Waals surface area (Å²) in [5, 5.41) is 20.1. The van der Waals surface area contributed by atoms with Gasteiger partial charge in [-0.1, -0.05) is 24.3 Å². The van der Waals surface area contributed by atoms with Crippen LogP contribution in [0.25, 0.3) is 0 Å². The minimum Gasteiger partial charge on any atom is -0.497 e. The molecular formula is C30H30N2O7. The third-order valence-electron chi connectivity index (χ3n) is 7.52. The van der Waals surface area contributed by atoms with E-state index >= 15 is 0 Å². The Bertz CT molecular complexity index is 1440. The van der Waals surface area contributed by atoms with E-state index in [0.717, 1.165) is 0 Å². The Labute approximate surface area is 226 Å². The monoisotopic (exact) mass is 530 g/mol. The molecule has 1 aromatic heterocycles. The van der Waals surface area contributed by atoms with E-state index in [2.05, 4.69) is 6.07 Å². The van der Waals surface area contributed by atoms with Gasteiger partial charge in [-0.25, -0.2) is 4.79 Å². The molecule has 2 aromatic carbocycles. The van der Waals surface area contributed by atoms with Gasteiger partial charge in [0.05, 0.1) is 36.3 Å². The number of nitrogens with zero attached hydrogens (tertiary/aromatic N) is 2. The van der Waals surface area contributed by atoms with Gasteiger partial charge in [0, 0.05) is 13.0 Å². The Morgan fingerprint density at radius 1 is 1.05 bits per heavy atom. The minimum absolute atomic E-state index is 0.323. The summed E-state index contributed by atoms with van der Waals surface area (Å²) in [5.41, 5.74) is -0.0382. The number of aryl methyl sites for hydroxylation is 2. The van der Waals surface area contributed by atoms with Crippen molar-refractivity contribution in [3.63, 3.8) is 0 Å². The molecule has 2 heterocycles. The second-order valence-corrected chi connectivity index (χ2v) is 9.80. The molecule has 0 radical (unpaired) electrons. The van der Waals surface area contributed by atoms with Gasteiger partial charge in [0.25, 0.3) is 0 Å². The summed E-state index contributed by atoms with van der Waals surface area (Å²) in [6.45, 7) is 4.50. The van der Waals surface area contributed by atoms with Crippen molar-refractivity contribution in [2.24, 2.45) is 5.92 Å². The molecule has 1 N–H and O–H groups in total. The van der Waals surface area contributed by atoms with Crippen LogP contribution >= 0.6 is 0 Å². The standard InChI is InChI=1S/C30H30N2O7/c1-17-14-23(18(2)39-17)28(34)25-26(20-10-12-22(38-5)13-11-20)30(3,29(35)36)32(24(33)16-37-4)27(25)21-8-6-19(15-31)7-9-21/h6-14,25-27H,16H2,1-5H3,(H,35,36). The average molecular weight is 531 g/mol. The molecule has 1 amide bonds. The first kappa shape index (κ1) is 27.6. The molecule has 3 aromatic rings. The van der Waals surface area contributed by atoms with Crippen LogP contribution in [0.2, 0.25) is 0 Å². The fraction of sp³-hybridized carbons (Fsp3) is 0.333. The molecule has 9 heteroatoms. The van der Waals surface area contributed by atoms with E-state index in [1.54, 1.807) is 68.4 Å². The number of amides is 1. The summed E-state index contributed by atoms with van der Waals surface area (Å²) >= 11 is 0. The lowest BCUT2D eigenvalue weighted by Crippen LogP contribution is -2.55. The van der Waals surface area contributed by atoms with Crippen molar-refractivity contribution in [3.05, 3.63) is 88.4 Å². The molecule has 1 fully saturated rings. The lowest BCUT2D eigenvalue weighted by atomic mass is 9.71. The number of likely N-dealkylation sites (tertiary alicyclic amines) is 1. The molecule has 1 saturated heterocycles. The molecule has 202 valence electrons. The predicted octanol–water partition coefficient (Wildman–Crippen LogP) is 4.43. The van der Waals surface area contributed by atoms with Gasteiger partial charge in [-0.3, -0.25) is 9.59 Å². The zero-order chi connectivity index (χ0) is 28.5. The third kappa shape index (κ3) is 4.68. The van der Waals surface area contributed by atoms with Gasteiger partial charge in [0.15, 0.2) is 5.78 Å². The van der Waals surface area contributed by atoms with Gasteiger partial charge in [-0.2, -0.15) is 5.26 Å². The van der Waals surface area contributed by atoms with Crippen LogP contribution < -0.4 is 4.74 Å². The fourth-order valence-electron chi connectivity index (χ4n) is 5.78. The lowest BCUT2D eigenvalue weighted by Gasteiger charge is -2.37. The Morgan fingerprint density at radius 3 is 2.15 bits per heavy atom. The fourth-order valence-corrected chi connectivity index (χ4v) is 5.78. The Kier molecular flexibility index (Phi) is 7.61. The summed E-state index contributed by atoms with van der Waals surface area (Å²) in [6.07, 6.45) is 0. The molecule has 1 aliphatic heterocycles. The predicted molar refractivity (Wildman–Crippen MR) is 140 cm³/mol. The number of furan rings is 1. The molecule has 0 bridgehead atoms. The third-order valence-corrected chi connectivity index (χ3v) is 7.52. The highest BCUT2D eigenvalue weighted by atomic mass is 16.5. The maximum absolute atomic E-state index is 14.4. The van der Waals surface area contributed by atoms with Crippen molar-refractivity contribution in [1.82, 2.24) is 4.90 Å². The first-order valence-electron chi connectivity index (χ1n) is 12.4. The largest absolute Gasteiger partial charge is 0.497 e. The zero-order valence-electron chi connectivity index (χ0n) is 22.4. The summed E-state index contributed by atoms with van der Waals surface area (Å²) in [6, 6.07) is 16.0. The van der Waals surface area contributed by atoms with Gasteiger partial charge in [0.1, 0.15) is 29.4 Å². The number of nitriles is 1. The molecule has 1 aliphatic rings. The van der Waals surface area contributed by atoms with E-state index in [-0.39, 0.29) is 12.4 Å². The summed E-state index contributed by atoms with van der Waals surface area (Å²) in [4.78, 5) is 42.5. The van der Waals surface area contributed by atoms with Crippen LogP contribution in [0.3, 0.4) is 0 Å². The average Bonchev–Trinajstić information content (AvgIpc) is 3.42. The quantitative estimate of drug-likeness (QED) is 0.423. The SMILES string of the molecule is COCC(=O)N1C(c2ccc(C#N)cc2)C(C(=O)c2cc(C)oc2C)C(c2ccc(OC)cc2)C1(C)C(=O)O. The van der Waals surface area contributed by atoms with Crippen LogP contribution in [0.1, 0.15) is 57.5 Å². The number of rotatable bonds is 8. The number of ether oxygens (including phenoxy) is 2. The Morgan fingerprint density at radius 2 is 1.67 bits per heavy atom. The highest BCUT2D eigenvalue weighted by Gasteiger charge is 2.64. The molecule has 0 spiro atoms. The number of methoxy groups -OCH3 is 2. The van der Waals surface area contributed by atoms with Gasteiger partial charge < -0.3 is 23.9 Å². The number of Topliss-reactive ketones (excluding diaryl/α,β-unsaturated/α-hetero) is 1. The number of carbonyl (C=O) groups excluding carboxylic acids is 2. The van der Waals surface area contributed by atoms with Crippen molar-refractivity contribution in [2.75, 3.05) is 20.8 Å². The van der Waals surface area contributed by atoms with E-state index in [4.69, 9.17) is 13.9 Å². The van der Waals surface area contributed by atoms with Crippen LogP contribution in [0.5, 0.6) is 5.75 Å². The van der Waals surface area contributed by atoms with E-state index < -0.39 is 35.3 Å². The smallest absolute Gasteiger partial charge is 0.330 e. The van der Waals surface area contributed by atoms with Gasteiger partial charge >= 0.3 is 5.97 Å². The lowest BCUT2D eigenvalue weighted by molar-refractivity contribution is -0.159. The molecule has 9 nitrogen and oxygen atoms in total. The number of carboxylic acids is 1. The first-order chi connectivity index (χ1) is 18.6. The van der Waals surface area contributed by atoms with E-state index in [9.17, 15) is 24.8 Å². The Balaban J connectivity index is 2.05. The van der Waals surface area contributed by atoms with Gasteiger partial charge in [0.2, 0.25) is 5.91 Å². The normalized spacial score (nSPS) is 22.4. The molecule has 0 aliphatic carbocycles. The van der Waals surface area contributed by atoms with Crippen molar-refractivity contribution in [2.45, 2.75) is 38.3 Å². The highest BCUT2D eigenvalue weighted by molar-refractivity contribution is 6.03. The molecule has 4 unspecified atom stereocenters. The number of carboxylic acid groups (broad SMARTS) is 1. The molecule has 39 heavy (non-hydrogen) atoms. The second kappa shape index (κ2) is 10.8. The van der Waals surface area contributed by atoms with Crippen molar-refractivity contribution < 1.29 is 33.4 Å². The number of aliphatic carboxylic acids is 1. The van der Waals surface area contributed by atoms with Crippen LogP contribution in [-0.4, -0.2) is 54.0 Å². The van der Waals surface area contributed by atoms with Gasteiger partial charge in [-0.15, -0.1) is 0 Å². The van der Waals surface area contributed by atoms with Crippen LogP contribution in [-0.2, 0) is 14.3 Å². The van der Waals surface area contributed by atoms with Crippen LogP contribution in [0.4, 0.5) is 0 Å². The van der Waals surface area contributed by atoms with Crippen LogP contribution in [0, 0.1) is 31.1 Å². The highest BCUT2D eigenvalue weighted by Crippen LogP contribution is 2.57. The Hall–Kier alpha value is -4.42. The summed E-state index contributed by atoms with van der Waals surface area (Å²) < 4.78 is 16.1. The van der Waals surface area contributed by atoms with E-state index in [1.165, 1.54) is 26.0 Å². The second-order valence-electron chi connectivity index (χ2n) is 9.80. The molecule has 4 atom stereocenters. The summed E-state index contributed by atoms with van der Waals surface area (Å²) in [5.74, 6) is -2.64. The first-order valence-corrected chi connectivity index (χ1v) is 12.4. The van der Waals surface area contributed by atoms with E-state index in [1.807, 2.05) is 0 Å². The van der Waals surface area contributed by atoms with Crippen molar-refractivity contribution in [1.29, 1.82) is 5.26 Å². The van der Waals surface area contributed by atoms with Crippen LogP contribution in [0.15, 0.2) is 59.0 Å². The minimum atomic E-state index is -1.84. The van der Waals surface area contributed by atoms with Crippen molar-refractivity contribution >= 4 is 17.7 Å². The molecular weight excluding hydrogens is 500 g/mol.